The minimum Gasteiger partial charge on any atom is -0.394 e. The molecule has 5 atom stereocenters. The van der Waals surface area contributed by atoms with Gasteiger partial charge in [-0.05, 0) is 12.1 Å². The first-order valence-electron chi connectivity index (χ1n) is 6.46. The van der Waals surface area contributed by atoms with Gasteiger partial charge in [-0.15, -0.1) is 0 Å². The van der Waals surface area contributed by atoms with Gasteiger partial charge in [0.1, 0.15) is 24.4 Å². The highest BCUT2D eigenvalue weighted by Gasteiger charge is 2.43. The molecule has 0 spiro atoms. The van der Waals surface area contributed by atoms with E-state index in [1.807, 2.05) is 0 Å². The van der Waals surface area contributed by atoms with Crippen LogP contribution >= 0.6 is 0 Å². The number of hydrogen-bond acceptors (Lipinski definition) is 7. The Morgan fingerprint density at radius 2 is 1.81 bits per heavy atom. The highest BCUT2D eigenvalue weighted by molar-refractivity contribution is 5.93. The van der Waals surface area contributed by atoms with E-state index in [0.717, 1.165) is 0 Å². The lowest BCUT2D eigenvalue weighted by Crippen LogP contribution is -2.66. The van der Waals surface area contributed by atoms with Gasteiger partial charge in [0.2, 0.25) is 0 Å². The molecule has 0 saturated carbocycles. The molecule has 1 aliphatic heterocycles. The van der Waals surface area contributed by atoms with Gasteiger partial charge in [0.05, 0.1) is 6.61 Å². The molecule has 8 heteroatoms. The first-order chi connectivity index (χ1) is 10.0. The van der Waals surface area contributed by atoms with Crippen molar-refractivity contribution in [2.75, 3.05) is 6.61 Å². The van der Waals surface area contributed by atoms with Crippen LogP contribution in [0.3, 0.4) is 0 Å². The van der Waals surface area contributed by atoms with E-state index in [-0.39, 0.29) is 0 Å². The molecule has 1 amide bonds. The lowest BCUT2D eigenvalue weighted by Gasteiger charge is -2.40. The van der Waals surface area contributed by atoms with Gasteiger partial charge in [0, 0.05) is 5.56 Å². The Bertz CT molecular complexity index is 471. The zero-order valence-corrected chi connectivity index (χ0v) is 11.1. The maximum absolute atomic E-state index is 11.8. The van der Waals surface area contributed by atoms with Gasteiger partial charge >= 0.3 is 0 Å². The Hall–Kier alpha value is -1.55. The summed E-state index contributed by atoms with van der Waals surface area (Å²) in [7, 11) is 0. The van der Waals surface area contributed by atoms with Gasteiger partial charge in [-0.25, -0.2) is 5.43 Å². The standard InChI is InChI=1S/C13H18N2O6/c16-6-8-10(17)11(18)9(13(20)21-8)14-15-12(19)7-4-2-1-3-5-7/h1-5,8-11,13-14,16-18,20H,6H2,(H,15,19)/t8-,9-,10+,11-,13+/m1/s1. The van der Waals surface area contributed by atoms with E-state index in [9.17, 15) is 20.1 Å². The SMILES string of the molecule is O=C(NN[C@@H]1[C@@H](O)[C@@H](O)[C@@H](CO)O[C@@H]1O)c1ccccc1. The maximum atomic E-state index is 11.8. The fraction of sp³-hybridized carbons (Fsp3) is 0.462. The fourth-order valence-corrected chi connectivity index (χ4v) is 2.06. The first kappa shape index (κ1) is 15.8. The number of amides is 1. The Morgan fingerprint density at radius 3 is 2.43 bits per heavy atom. The summed E-state index contributed by atoms with van der Waals surface area (Å²) in [5, 5.41) is 38.3. The minimum absolute atomic E-state index is 0.388. The van der Waals surface area contributed by atoms with Crippen LogP contribution in [0.2, 0.25) is 0 Å². The van der Waals surface area contributed by atoms with Crippen molar-refractivity contribution in [1.29, 1.82) is 0 Å². The van der Waals surface area contributed by atoms with Crippen molar-refractivity contribution < 1.29 is 30.0 Å². The third-order valence-electron chi connectivity index (χ3n) is 3.29. The molecule has 0 unspecified atom stereocenters. The minimum atomic E-state index is -1.49. The van der Waals surface area contributed by atoms with Crippen molar-refractivity contribution >= 4 is 5.91 Å². The third-order valence-corrected chi connectivity index (χ3v) is 3.29. The van der Waals surface area contributed by atoms with Crippen LogP contribution in [0.5, 0.6) is 0 Å². The van der Waals surface area contributed by atoms with E-state index in [2.05, 4.69) is 10.9 Å². The number of nitrogens with one attached hydrogen (secondary N) is 2. The molecule has 0 radical (unpaired) electrons. The number of hydrazine groups is 1. The Labute approximate surface area is 121 Å². The van der Waals surface area contributed by atoms with Gasteiger partial charge in [-0.1, -0.05) is 18.2 Å². The van der Waals surface area contributed by atoms with Crippen molar-refractivity contribution in [1.82, 2.24) is 10.9 Å². The molecule has 0 aromatic heterocycles. The van der Waals surface area contributed by atoms with Crippen LogP contribution in [-0.2, 0) is 4.74 Å². The molecule has 1 aromatic carbocycles. The van der Waals surface area contributed by atoms with Gasteiger partial charge in [0.15, 0.2) is 6.29 Å². The lowest BCUT2D eigenvalue weighted by atomic mass is 9.98. The van der Waals surface area contributed by atoms with Gasteiger partial charge < -0.3 is 25.2 Å². The van der Waals surface area contributed by atoms with E-state index in [1.54, 1.807) is 30.3 Å². The molecule has 1 aliphatic rings. The summed E-state index contributed by atoms with van der Waals surface area (Å²) in [4.78, 5) is 11.8. The number of ether oxygens (including phenoxy) is 1. The summed E-state index contributed by atoms with van der Waals surface area (Å²) in [6.07, 6.45) is -5.37. The second-order valence-corrected chi connectivity index (χ2v) is 4.72. The molecule has 1 heterocycles. The average Bonchev–Trinajstić information content (AvgIpc) is 2.51. The predicted octanol–water partition coefficient (Wildman–Crippen LogP) is -2.28. The average molecular weight is 298 g/mol. The first-order valence-corrected chi connectivity index (χ1v) is 6.46. The molecule has 1 fully saturated rings. The number of carbonyl (C=O) groups excluding carboxylic acids is 1. The molecule has 8 nitrogen and oxygen atoms in total. The van der Waals surface area contributed by atoms with E-state index in [0.29, 0.717) is 5.56 Å². The molecule has 0 aliphatic carbocycles. The van der Waals surface area contributed by atoms with Gasteiger partial charge in [-0.2, -0.15) is 0 Å². The summed E-state index contributed by atoms with van der Waals surface area (Å²) in [5.41, 5.74) is 5.14. The molecule has 1 aromatic rings. The van der Waals surface area contributed by atoms with Crippen molar-refractivity contribution in [3.8, 4) is 0 Å². The quantitative estimate of drug-likeness (QED) is 0.345. The summed E-state index contributed by atoms with van der Waals surface area (Å²) in [6.45, 7) is -0.543. The van der Waals surface area contributed by atoms with E-state index in [4.69, 9.17) is 9.84 Å². The highest BCUT2D eigenvalue weighted by atomic mass is 16.6. The maximum Gasteiger partial charge on any atom is 0.265 e. The molecule has 2 rings (SSSR count). The summed E-state index contributed by atoms with van der Waals surface area (Å²) in [6, 6.07) is 7.21. The van der Waals surface area contributed by atoms with Crippen LogP contribution < -0.4 is 10.9 Å². The molecule has 0 bridgehead atoms. The highest BCUT2D eigenvalue weighted by Crippen LogP contribution is 2.19. The normalized spacial score (nSPS) is 32.7. The van der Waals surface area contributed by atoms with Crippen LogP contribution in [0.1, 0.15) is 10.4 Å². The Morgan fingerprint density at radius 1 is 1.14 bits per heavy atom. The smallest absolute Gasteiger partial charge is 0.265 e. The zero-order valence-electron chi connectivity index (χ0n) is 11.1. The molecule has 21 heavy (non-hydrogen) atoms. The van der Waals surface area contributed by atoms with E-state index in [1.165, 1.54) is 0 Å². The van der Waals surface area contributed by atoms with Crippen molar-refractivity contribution in [2.45, 2.75) is 30.6 Å². The van der Waals surface area contributed by atoms with Crippen LogP contribution in [0.15, 0.2) is 30.3 Å². The number of aliphatic hydroxyl groups excluding tert-OH is 4. The number of carbonyl (C=O) groups is 1. The predicted molar refractivity (Wildman–Crippen MR) is 70.8 cm³/mol. The summed E-state index contributed by atoms with van der Waals surface area (Å²) < 4.78 is 4.95. The molecular weight excluding hydrogens is 280 g/mol. The second kappa shape index (κ2) is 6.94. The Balaban J connectivity index is 1.95. The number of rotatable bonds is 4. The zero-order chi connectivity index (χ0) is 15.4. The van der Waals surface area contributed by atoms with Crippen LogP contribution in [0, 0.1) is 0 Å². The van der Waals surface area contributed by atoms with Gasteiger partial charge in [0.25, 0.3) is 5.91 Å². The molecule has 116 valence electrons. The number of hydrogen-bond donors (Lipinski definition) is 6. The van der Waals surface area contributed by atoms with Crippen molar-refractivity contribution in [3.63, 3.8) is 0 Å². The summed E-state index contributed by atoms with van der Waals surface area (Å²) >= 11 is 0. The molecule has 6 N–H and O–H groups in total. The van der Waals surface area contributed by atoms with Crippen LogP contribution in [0.4, 0.5) is 0 Å². The van der Waals surface area contributed by atoms with E-state index < -0.39 is 43.2 Å². The topological polar surface area (TPSA) is 131 Å². The lowest BCUT2D eigenvalue weighted by molar-refractivity contribution is -0.255. The number of benzene rings is 1. The second-order valence-electron chi connectivity index (χ2n) is 4.72. The largest absolute Gasteiger partial charge is 0.394 e. The van der Waals surface area contributed by atoms with Crippen molar-refractivity contribution in [3.05, 3.63) is 35.9 Å². The monoisotopic (exact) mass is 298 g/mol. The third kappa shape index (κ3) is 3.56. The van der Waals surface area contributed by atoms with Gasteiger partial charge in [-0.3, -0.25) is 10.2 Å². The Kier molecular flexibility index (Phi) is 5.23. The fourth-order valence-electron chi connectivity index (χ4n) is 2.06. The summed E-state index contributed by atoms with van der Waals surface area (Å²) in [5.74, 6) is -0.464. The van der Waals surface area contributed by atoms with Crippen LogP contribution in [0.25, 0.3) is 0 Å². The van der Waals surface area contributed by atoms with Crippen molar-refractivity contribution in [2.24, 2.45) is 0 Å². The molecular formula is C13H18N2O6. The molecule has 1 saturated heterocycles. The van der Waals surface area contributed by atoms with Crippen LogP contribution in [-0.4, -0.2) is 63.6 Å². The number of aliphatic hydroxyl groups is 4. The van der Waals surface area contributed by atoms with E-state index >= 15 is 0 Å².